The highest BCUT2D eigenvalue weighted by atomic mass is 32.2. The lowest BCUT2D eigenvalue weighted by atomic mass is 10.1. The Bertz CT molecular complexity index is 1270. The van der Waals surface area contributed by atoms with Gasteiger partial charge in [-0.1, -0.05) is 84.1 Å². The number of thiocarbonyl (C=S) groups is 1. The molecule has 1 fully saturated rings. The highest BCUT2D eigenvalue weighted by Gasteiger charge is 2.31. The van der Waals surface area contributed by atoms with Gasteiger partial charge in [0.25, 0.3) is 11.8 Å². The van der Waals surface area contributed by atoms with E-state index in [4.69, 9.17) is 17.0 Å². The largest absolute Gasteiger partial charge is 0.484 e. The summed E-state index contributed by atoms with van der Waals surface area (Å²) in [5.74, 6) is 0.285. The highest BCUT2D eigenvalue weighted by molar-refractivity contribution is 8.26. The van der Waals surface area contributed by atoms with Crippen molar-refractivity contribution >= 4 is 51.9 Å². The van der Waals surface area contributed by atoms with Gasteiger partial charge < -0.3 is 10.1 Å². The average molecular weight is 503 g/mol. The number of aryl methyl sites for hydroxylation is 2. The lowest BCUT2D eigenvalue weighted by Gasteiger charge is -2.14. The molecular weight excluding hydrogens is 476 g/mol. The molecule has 0 saturated carbocycles. The quantitative estimate of drug-likeness (QED) is 0.313. The van der Waals surface area contributed by atoms with E-state index < -0.39 is 0 Å². The van der Waals surface area contributed by atoms with Crippen LogP contribution in [0.4, 0.5) is 5.69 Å². The smallest absolute Gasteiger partial charge is 0.266 e. The predicted molar refractivity (Wildman–Crippen MR) is 147 cm³/mol. The zero-order chi connectivity index (χ0) is 24.8. The molecule has 0 bridgehead atoms. The van der Waals surface area contributed by atoms with Gasteiger partial charge in [0, 0.05) is 12.2 Å². The summed E-state index contributed by atoms with van der Waals surface area (Å²) in [4.78, 5) is 27.4. The summed E-state index contributed by atoms with van der Waals surface area (Å²) in [5.41, 5.74) is 4.96. The fourth-order valence-corrected chi connectivity index (χ4v) is 4.99. The number of nitrogens with zero attached hydrogens (tertiary/aromatic N) is 1. The minimum Gasteiger partial charge on any atom is -0.484 e. The first-order chi connectivity index (χ1) is 16.9. The SMILES string of the molecule is Cc1ccc(NC(=O)COc2ccc(/C=C3\SC(=S)N(CCc4ccccc4)C3=O)cc2)c(C)c1. The summed E-state index contributed by atoms with van der Waals surface area (Å²) in [6.07, 6.45) is 2.59. The molecular formula is C28H26N2O3S2. The second-order valence-electron chi connectivity index (χ2n) is 8.29. The highest BCUT2D eigenvalue weighted by Crippen LogP contribution is 2.33. The minimum atomic E-state index is -0.222. The lowest BCUT2D eigenvalue weighted by Crippen LogP contribution is -2.30. The van der Waals surface area contributed by atoms with Crippen LogP contribution in [-0.2, 0) is 16.0 Å². The Morgan fingerprint density at radius 1 is 1.06 bits per heavy atom. The van der Waals surface area contributed by atoms with Crippen LogP contribution < -0.4 is 10.1 Å². The van der Waals surface area contributed by atoms with Crippen molar-refractivity contribution in [1.82, 2.24) is 4.90 Å². The first-order valence-corrected chi connectivity index (χ1v) is 12.5. The van der Waals surface area contributed by atoms with E-state index in [1.54, 1.807) is 17.0 Å². The number of thioether (sulfide) groups is 1. The van der Waals surface area contributed by atoms with Gasteiger partial charge in [0.05, 0.1) is 4.91 Å². The molecule has 0 aromatic heterocycles. The standard InChI is InChI=1S/C28H26N2O3S2/c1-19-8-13-24(20(2)16-19)29-26(31)18-33-23-11-9-22(10-12-23)17-25-27(32)30(28(34)35-25)15-14-21-6-4-3-5-7-21/h3-13,16-17H,14-15,18H2,1-2H3,(H,29,31)/b25-17-. The average Bonchev–Trinajstić information content (AvgIpc) is 3.11. The van der Waals surface area contributed by atoms with Gasteiger partial charge in [-0.05, 0) is 61.2 Å². The van der Waals surface area contributed by atoms with Crippen molar-refractivity contribution in [2.24, 2.45) is 0 Å². The Morgan fingerprint density at radius 3 is 2.51 bits per heavy atom. The number of anilines is 1. The van der Waals surface area contributed by atoms with Crippen LogP contribution in [0.5, 0.6) is 5.75 Å². The van der Waals surface area contributed by atoms with Crippen molar-refractivity contribution < 1.29 is 14.3 Å². The Hall–Kier alpha value is -3.42. The molecule has 1 heterocycles. The Kier molecular flexibility index (Phi) is 8.00. The van der Waals surface area contributed by atoms with Crippen LogP contribution in [0.25, 0.3) is 6.08 Å². The molecule has 3 aromatic rings. The fourth-order valence-electron chi connectivity index (χ4n) is 3.68. The molecule has 3 aromatic carbocycles. The summed E-state index contributed by atoms with van der Waals surface area (Å²) >= 11 is 6.75. The number of nitrogens with one attached hydrogen (secondary N) is 1. The van der Waals surface area contributed by atoms with E-state index in [2.05, 4.69) is 5.32 Å². The fraction of sp³-hybridized carbons (Fsp3) is 0.179. The monoisotopic (exact) mass is 502 g/mol. The molecule has 1 saturated heterocycles. The Labute approximate surface area is 215 Å². The van der Waals surface area contributed by atoms with Crippen molar-refractivity contribution in [3.8, 4) is 5.75 Å². The molecule has 1 aliphatic rings. The molecule has 0 aliphatic carbocycles. The van der Waals surface area contributed by atoms with E-state index in [0.29, 0.717) is 21.5 Å². The lowest BCUT2D eigenvalue weighted by molar-refractivity contribution is -0.122. The second-order valence-corrected chi connectivity index (χ2v) is 9.97. The zero-order valence-corrected chi connectivity index (χ0v) is 21.2. The number of amides is 2. The number of hydrogen-bond donors (Lipinski definition) is 1. The van der Waals surface area contributed by atoms with Crippen LogP contribution in [-0.4, -0.2) is 34.2 Å². The zero-order valence-electron chi connectivity index (χ0n) is 19.6. The number of carbonyl (C=O) groups is 2. The van der Waals surface area contributed by atoms with Crippen LogP contribution in [0.3, 0.4) is 0 Å². The van der Waals surface area contributed by atoms with Crippen LogP contribution >= 0.6 is 24.0 Å². The van der Waals surface area contributed by atoms with Gasteiger partial charge >= 0.3 is 0 Å². The summed E-state index contributed by atoms with van der Waals surface area (Å²) in [6, 6.07) is 23.2. The number of ether oxygens (including phenoxy) is 1. The first kappa shape index (κ1) is 24.7. The topological polar surface area (TPSA) is 58.6 Å². The Morgan fingerprint density at radius 2 is 1.80 bits per heavy atom. The molecule has 0 spiro atoms. The van der Waals surface area contributed by atoms with E-state index in [1.165, 1.54) is 17.3 Å². The third-order valence-electron chi connectivity index (χ3n) is 5.54. The van der Waals surface area contributed by atoms with E-state index in [0.717, 1.165) is 28.8 Å². The summed E-state index contributed by atoms with van der Waals surface area (Å²) in [7, 11) is 0. The van der Waals surface area contributed by atoms with Crippen LogP contribution in [0.2, 0.25) is 0 Å². The summed E-state index contributed by atoms with van der Waals surface area (Å²) in [5, 5.41) is 2.87. The van der Waals surface area contributed by atoms with Crippen LogP contribution in [0.1, 0.15) is 22.3 Å². The molecule has 0 atom stereocenters. The maximum Gasteiger partial charge on any atom is 0.266 e. The third-order valence-corrected chi connectivity index (χ3v) is 6.92. The molecule has 4 rings (SSSR count). The molecule has 2 amide bonds. The molecule has 5 nitrogen and oxygen atoms in total. The summed E-state index contributed by atoms with van der Waals surface area (Å²) < 4.78 is 6.20. The maximum absolute atomic E-state index is 12.9. The van der Waals surface area contributed by atoms with Crippen LogP contribution in [0.15, 0.2) is 77.7 Å². The second kappa shape index (κ2) is 11.3. The van der Waals surface area contributed by atoms with Gasteiger partial charge in [0.15, 0.2) is 6.61 Å². The molecule has 0 unspecified atom stereocenters. The number of hydrogen-bond acceptors (Lipinski definition) is 5. The predicted octanol–water partition coefficient (Wildman–Crippen LogP) is 5.76. The van der Waals surface area contributed by atoms with Gasteiger partial charge in [-0.2, -0.15) is 0 Å². The molecule has 1 N–H and O–H groups in total. The van der Waals surface area contributed by atoms with Gasteiger partial charge in [-0.15, -0.1) is 0 Å². The van der Waals surface area contributed by atoms with Crippen molar-refractivity contribution in [3.63, 3.8) is 0 Å². The van der Waals surface area contributed by atoms with Gasteiger partial charge in [-0.3, -0.25) is 14.5 Å². The first-order valence-electron chi connectivity index (χ1n) is 11.3. The van der Waals surface area contributed by atoms with Gasteiger partial charge in [0.1, 0.15) is 10.1 Å². The van der Waals surface area contributed by atoms with Crippen LogP contribution in [0, 0.1) is 13.8 Å². The van der Waals surface area contributed by atoms with Gasteiger partial charge in [-0.25, -0.2) is 0 Å². The molecule has 1 aliphatic heterocycles. The number of carbonyl (C=O) groups excluding carboxylic acids is 2. The minimum absolute atomic E-state index is 0.0701. The molecule has 35 heavy (non-hydrogen) atoms. The maximum atomic E-state index is 12.9. The number of rotatable bonds is 8. The number of benzene rings is 3. The normalized spacial score (nSPS) is 14.5. The molecule has 7 heteroatoms. The summed E-state index contributed by atoms with van der Waals surface area (Å²) in [6.45, 7) is 4.44. The van der Waals surface area contributed by atoms with Gasteiger partial charge in [0.2, 0.25) is 0 Å². The van der Waals surface area contributed by atoms with Crippen molar-refractivity contribution in [2.75, 3.05) is 18.5 Å². The van der Waals surface area contributed by atoms with E-state index in [9.17, 15) is 9.59 Å². The Balaban J connectivity index is 1.31. The molecule has 0 radical (unpaired) electrons. The van der Waals surface area contributed by atoms with E-state index in [1.807, 2.05) is 80.6 Å². The van der Waals surface area contributed by atoms with Crippen molar-refractivity contribution in [3.05, 3.63) is 100.0 Å². The van der Waals surface area contributed by atoms with Crippen molar-refractivity contribution in [1.29, 1.82) is 0 Å². The molecule has 178 valence electrons. The van der Waals surface area contributed by atoms with E-state index in [-0.39, 0.29) is 18.4 Å². The van der Waals surface area contributed by atoms with E-state index >= 15 is 0 Å². The third kappa shape index (κ3) is 6.59. The van der Waals surface area contributed by atoms with Crippen molar-refractivity contribution in [2.45, 2.75) is 20.3 Å².